The first-order chi connectivity index (χ1) is 9.48. The molecule has 1 aliphatic rings. The molecule has 0 amide bonds. The van der Waals surface area contributed by atoms with Crippen molar-refractivity contribution in [3.05, 3.63) is 17.6 Å². The van der Waals surface area contributed by atoms with Gasteiger partial charge in [0.15, 0.2) is 5.41 Å². The molecule has 0 aliphatic carbocycles. The molecule has 21 heavy (non-hydrogen) atoms. The molecule has 2 rings (SSSR count). The van der Waals surface area contributed by atoms with Crippen LogP contribution < -0.4 is 4.90 Å². The van der Waals surface area contributed by atoms with E-state index in [9.17, 15) is 26.3 Å². The predicted octanol–water partition coefficient (Wildman–Crippen LogP) is 3.41. The van der Waals surface area contributed by atoms with Crippen LogP contribution in [-0.4, -0.2) is 35.4 Å². The molecular weight excluding hydrogens is 300 g/mol. The van der Waals surface area contributed by atoms with E-state index < -0.39 is 30.7 Å². The van der Waals surface area contributed by atoms with E-state index in [0.29, 0.717) is 11.4 Å². The Hall–Kier alpha value is -1.54. The zero-order valence-electron chi connectivity index (χ0n) is 11.3. The lowest BCUT2D eigenvalue weighted by atomic mass is 9.85. The van der Waals surface area contributed by atoms with Crippen molar-refractivity contribution in [3.8, 4) is 0 Å². The number of aryl methyl sites for hydroxylation is 2. The molecule has 1 fully saturated rings. The van der Waals surface area contributed by atoms with Gasteiger partial charge in [-0.3, -0.25) is 4.98 Å². The number of aromatic nitrogens is 2. The van der Waals surface area contributed by atoms with Crippen LogP contribution in [0.1, 0.15) is 17.8 Å². The summed E-state index contributed by atoms with van der Waals surface area (Å²) in [4.78, 5) is 8.95. The fourth-order valence-electron chi connectivity index (χ4n) is 2.44. The first kappa shape index (κ1) is 15.8. The molecule has 0 bridgehead atoms. The van der Waals surface area contributed by atoms with Crippen LogP contribution in [0.15, 0.2) is 6.20 Å². The smallest absolute Gasteiger partial charge is 0.354 e. The first-order valence-electron chi connectivity index (χ1n) is 6.16. The molecule has 0 unspecified atom stereocenters. The molecule has 0 atom stereocenters. The van der Waals surface area contributed by atoms with Crippen molar-refractivity contribution in [3.63, 3.8) is 0 Å². The predicted molar refractivity (Wildman–Crippen MR) is 62.9 cm³/mol. The number of hydrogen-bond acceptors (Lipinski definition) is 3. The minimum Gasteiger partial charge on any atom is -0.354 e. The Labute approximate surface area is 117 Å². The summed E-state index contributed by atoms with van der Waals surface area (Å²) in [6.45, 7) is 1.53. The molecule has 0 radical (unpaired) electrons. The van der Waals surface area contributed by atoms with E-state index in [1.165, 1.54) is 13.1 Å². The maximum Gasteiger partial charge on any atom is 0.404 e. The third-order valence-corrected chi connectivity index (χ3v) is 3.70. The Bertz CT molecular complexity index is 523. The lowest BCUT2D eigenvalue weighted by Crippen LogP contribution is -2.51. The fourth-order valence-corrected chi connectivity index (χ4v) is 2.44. The number of alkyl halides is 6. The Balaban J connectivity index is 2.40. The van der Waals surface area contributed by atoms with Crippen LogP contribution in [0.3, 0.4) is 0 Å². The molecule has 1 aromatic rings. The second kappa shape index (κ2) is 4.74. The zero-order valence-corrected chi connectivity index (χ0v) is 11.3. The lowest BCUT2D eigenvalue weighted by molar-refractivity contribution is -0.332. The Morgan fingerprint density at radius 1 is 1.10 bits per heavy atom. The molecular formula is C12H13F6N3. The molecule has 118 valence electrons. The van der Waals surface area contributed by atoms with Crippen LogP contribution in [0, 0.1) is 19.3 Å². The Morgan fingerprint density at radius 2 is 1.67 bits per heavy atom. The van der Waals surface area contributed by atoms with Crippen LogP contribution in [0.25, 0.3) is 0 Å². The van der Waals surface area contributed by atoms with Gasteiger partial charge in [-0.15, -0.1) is 0 Å². The lowest BCUT2D eigenvalue weighted by Gasteiger charge is -2.33. The molecule has 0 spiro atoms. The average molecular weight is 313 g/mol. The van der Waals surface area contributed by atoms with Gasteiger partial charge in [-0.2, -0.15) is 26.3 Å². The number of hydrogen-bond donors (Lipinski definition) is 0. The summed E-state index contributed by atoms with van der Waals surface area (Å²) < 4.78 is 78.0. The molecule has 0 N–H and O–H groups in total. The Kier molecular flexibility index (Phi) is 3.57. The van der Waals surface area contributed by atoms with Crippen molar-refractivity contribution in [1.82, 2.24) is 9.97 Å². The highest BCUT2D eigenvalue weighted by Gasteiger charge is 2.72. The van der Waals surface area contributed by atoms with Gasteiger partial charge in [0.2, 0.25) is 0 Å². The summed E-state index contributed by atoms with van der Waals surface area (Å²) in [7, 11) is 0. The quantitative estimate of drug-likeness (QED) is 0.744. The van der Waals surface area contributed by atoms with Crippen LogP contribution in [0.4, 0.5) is 32.2 Å². The number of nitrogens with zero attached hydrogens (tertiary/aromatic N) is 3. The second-order valence-electron chi connectivity index (χ2n) is 5.17. The van der Waals surface area contributed by atoms with Gasteiger partial charge in [0.1, 0.15) is 5.82 Å². The summed E-state index contributed by atoms with van der Waals surface area (Å²) in [6.07, 6.45) is -10.3. The molecule has 9 heteroatoms. The molecule has 2 heterocycles. The van der Waals surface area contributed by atoms with E-state index in [4.69, 9.17) is 0 Å². The van der Waals surface area contributed by atoms with Gasteiger partial charge >= 0.3 is 12.4 Å². The summed E-state index contributed by atoms with van der Waals surface area (Å²) >= 11 is 0. The van der Waals surface area contributed by atoms with Crippen LogP contribution in [0.2, 0.25) is 0 Å². The number of anilines is 1. The topological polar surface area (TPSA) is 29.0 Å². The van der Waals surface area contributed by atoms with Crippen molar-refractivity contribution >= 4 is 5.82 Å². The van der Waals surface area contributed by atoms with Crippen molar-refractivity contribution in [2.24, 2.45) is 5.41 Å². The maximum atomic E-state index is 13.0. The normalized spacial score (nSPS) is 19.1. The summed E-state index contributed by atoms with van der Waals surface area (Å²) in [5, 5.41) is 0. The SMILES string of the molecule is Cc1cnc(C)c(N2CCC(C(F)(F)F)(C(F)(F)F)C2)n1. The first-order valence-corrected chi connectivity index (χ1v) is 6.16. The van der Waals surface area contributed by atoms with Gasteiger partial charge in [-0.05, 0) is 20.3 Å². The van der Waals surface area contributed by atoms with E-state index in [1.807, 2.05) is 0 Å². The van der Waals surface area contributed by atoms with Gasteiger partial charge in [0, 0.05) is 19.3 Å². The van der Waals surface area contributed by atoms with Crippen molar-refractivity contribution < 1.29 is 26.3 Å². The fraction of sp³-hybridized carbons (Fsp3) is 0.667. The molecule has 1 saturated heterocycles. The van der Waals surface area contributed by atoms with Crippen molar-refractivity contribution in [2.45, 2.75) is 32.6 Å². The second-order valence-corrected chi connectivity index (χ2v) is 5.17. The maximum absolute atomic E-state index is 13.0. The van der Waals surface area contributed by atoms with E-state index in [-0.39, 0.29) is 12.4 Å². The van der Waals surface area contributed by atoms with E-state index in [1.54, 1.807) is 6.92 Å². The third-order valence-electron chi connectivity index (χ3n) is 3.70. The number of halogens is 6. The van der Waals surface area contributed by atoms with Gasteiger partial charge in [-0.1, -0.05) is 0 Å². The Morgan fingerprint density at radius 3 is 2.14 bits per heavy atom. The molecule has 0 aromatic carbocycles. The standard InChI is InChI=1S/C12H13F6N3/c1-7-5-19-8(2)9(20-7)21-4-3-10(6-21,11(13,14)15)12(16,17)18/h5H,3-4,6H2,1-2H3. The summed E-state index contributed by atoms with van der Waals surface area (Å²) in [6, 6.07) is 0. The van der Waals surface area contributed by atoms with Gasteiger partial charge in [0.25, 0.3) is 0 Å². The van der Waals surface area contributed by atoms with Crippen LogP contribution in [0.5, 0.6) is 0 Å². The summed E-state index contributed by atoms with van der Waals surface area (Å²) in [5.74, 6) is 0.0744. The monoisotopic (exact) mass is 313 g/mol. The van der Waals surface area contributed by atoms with Crippen molar-refractivity contribution in [2.75, 3.05) is 18.0 Å². The molecule has 0 saturated carbocycles. The molecule has 1 aromatic heterocycles. The van der Waals surface area contributed by atoms with Crippen LogP contribution in [-0.2, 0) is 0 Å². The largest absolute Gasteiger partial charge is 0.404 e. The van der Waals surface area contributed by atoms with Gasteiger partial charge < -0.3 is 4.90 Å². The zero-order chi connectivity index (χ0) is 16.1. The molecule has 3 nitrogen and oxygen atoms in total. The van der Waals surface area contributed by atoms with Gasteiger partial charge in [0.05, 0.1) is 11.4 Å². The van der Waals surface area contributed by atoms with E-state index in [0.717, 1.165) is 4.90 Å². The van der Waals surface area contributed by atoms with E-state index >= 15 is 0 Å². The minimum atomic E-state index is -5.36. The highest BCUT2D eigenvalue weighted by Crippen LogP contribution is 2.56. The van der Waals surface area contributed by atoms with Crippen molar-refractivity contribution in [1.29, 1.82) is 0 Å². The van der Waals surface area contributed by atoms with Crippen LogP contribution >= 0.6 is 0 Å². The average Bonchev–Trinajstić information content (AvgIpc) is 2.77. The highest BCUT2D eigenvalue weighted by atomic mass is 19.4. The van der Waals surface area contributed by atoms with Gasteiger partial charge in [-0.25, -0.2) is 4.98 Å². The highest BCUT2D eigenvalue weighted by molar-refractivity contribution is 5.45. The number of rotatable bonds is 1. The summed E-state index contributed by atoms with van der Waals surface area (Å²) in [5.41, 5.74) is -2.97. The van der Waals surface area contributed by atoms with E-state index in [2.05, 4.69) is 9.97 Å². The molecule has 1 aliphatic heterocycles. The third kappa shape index (κ3) is 2.53. The minimum absolute atomic E-state index is 0.0744.